The number of nitrogen functional groups attached to an aromatic ring is 1. The number of aromatic hydroxyl groups is 1. The Labute approximate surface area is 201 Å². The van der Waals surface area contributed by atoms with Crippen molar-refractivity contribution in [3.8, 4) is 34.5 Å². The van der Waals surface area contributed by atoms with Crippen LogP contribution in [-0.4, -0.2) is 29.4 Å². The molecule has 3 aromatic heterocycles. The van der Waals surface area contributed by atoms with E-state index in [4.69, 9.17) is 10.8 Å². The maximum absolute atomic E-state index is 9.96. The smallest absolute Gasteiger partial charge is 0.149 e. The van der Waals surface area contributed by atoms with Gasteiger partial charge in [-0.3, -0.25) is 4.57 Å². The predicted octanol–water partition coefficient (Wildman–Crippen LogP) is 4.76. The molecule has 3 N–H and O–H groups in total. The lowest BCUT2D eigenvalue weighted by atomic mass is 9.99. The van der Waals surface area contributed by atoms with Crippen LogP contribution in [0.1, 0.15) is 22.5 Å². The van der Waals surface area contributed by atoms with Crippen molar-refractivity contribution in [1.82, 2.24) is 24.3 Å². The number of aromatic nitrogens is 5. The van der Waals surface area contributed by atoms with Gasteiger partial charge in [-0.25, -0.2) is 14.6 Å². The molecule has 0 radical (unpaired) electrons. The highest BCUT2D eigenvalue weighted by atomic mass is 16.3. The zero-order valence-electron chi connectivity index (χ0n) is 18.9. The summed E-state index contributed by atoms with van der Waals surface area (Å²) in [5.41, 5.74) is 10.9. The highest BCUT2D eigenvalue weighted by Gasteiger charge is 2.23. The zero-order valence-corrected chi connectivity index (χ0v) is 18.9. The zero-order chi connectivity index (χ0) is 24.4. The molecule has 170 valence electrons. The van der Waals surface area contributed by atoms with Gasteiger partial charge in [0.1, 0.15) is 35.3 Å². The van der Waals surface area contributed by atoms with Crippen LogP contribution in [0.25, 0.3) is 34.8 Å². The first-order valence-electron chi connectivity index (χ1n) is 10.9. The minimum atomic E-state index is 0.129. The molecule has 0 atom stereocenters. The van der Waals surface area contributed by atoms with Crippen molar-refractivity contribution < 1.29 is 5.11 Å². The van der Waals surface area contributed by atoms with Crippen LogP contribution in [0.3, 0.4) is 0 Å². The first kappa shape index (κ1) is 21.7. The lowest BCUT2D eigenvalue weighted by Gasteiger charge is -2.13. The van der Waals surface area contributed by atoms with Crippen LogP contribution in [0.2, 0.25) is 0 Å². The fourth-order valence-electron chi connectivity index (χ4n) is 4.00. The predicted molar refractivity (Wildman–Crippen MR) is 135 cm³/mol. The second-order valence-electron chi connectivity index (χ2n) is 7.90. The van der Waals surface area contributed by atoms with Crippen molar-refractivity contribution in [2.45, 2.75) is 6.92 Å². The maximum Gasteiger partial charge on any atom is 0.149 e. The third kappa shape index (κ3) is 4.14. The van der Waals surface area contributed by atoms with Crippen molar-refractivity contribution in [2.75, 3.05) is 5.73 Å². The van der Waals surface area contributed by atoms with Crippen molar-refractivity contribution in [3.63, 3.8) is 0 Å². The molecule has 0 saturated carbocycles. The summed E-state index contributed by atoms with van der Waals surface area (Å²) in [6, 6.07) is 20.7. The quantitative estimate of drug-likeness (QED) is 0.391. The molecular weight excluding hydrogens is 438 g/mol. The van der Waals surface area contributed by atoms with E-state index < -0.39 is 0 Å². The van der Waals surface area contributed by atoms with Crippen LogP contribution < -0.4 is 5.73 Å². The molecule has 2 aromatic carbocycles. The Kier molecular flexibility index (Phi) is 5.57. The van der Waals surface area contributed by atoms with Crippen LogP contribution in [0, 0.1) is 18.3 Å². The second kappa shape index (κ2) is 9.00. The number of nitriles is 1. The number of hydrogen-bond acceptors (Lipinski definition) is 6. The summed E-state index contributed by atoms with van der Waals surface area (Å²) in [6.45, 7) is 1.90. The van der Waals surface area contributed by atoms with E-state index in [1.54, 1.807) is 36.8 Å². The topological polar surface area (TPSA) is 119 Å². The molecule has 0 aliphatic heterocycles. The van der Waals surface area contributed by atoms with Gasteiger partial charge in [0.25, 0.3) is 0 Å². The largest absolute Gasteiger partial charge is 0.508 e. The van der Waals surface area contributed by atoms with E-state index in [-0.39, 0.29) is 17.1 Å². The third-order valence-corrected chi connectivity index (χ3v) is 5.55. The molecular formula is C27H21N7O. The van der Waals surface area contributed by atoms with E-state index in [0.29, 0.717) is 11.3 Å². The van der Waals surface area contributed by atoms with E-state index in [2.05, 4.69) is 16.0 Å². The molecule has 0 fully saturated rings. The van der Waals surface area contributed by atoms with Crippen molar-refractivity contribution in [2.24, 2.45) is 0 Å². The standard InChI is InChI=1S/C27H21N7O/c1-18-25(27(33-13-12-30-17-33)34(32-18)21-7-3-2-4-8-21)23-15-20(31-26(29)24(23)16-28)11-10-19-6-5-9-22(35)14-19/h2-15,17,35H,1H3,(H2,29,31)/b11-10+. The van der Waals surface area contributed by atoms with Gasteiger partial charge < -0.3 is 10.8 Å². The summed E-state index contributed by atoms with van der Waals surface area (Å²) in [4.78, 5) is 8.63. The number of nitrogens with zero attached hydrogens (tertiary/aromatic N) is 6. The van der Waals surface area contributed by atoms with Gasteiger partial charge in [-0.1, -0.05) is 36.4 Å². The van der Waals surface area contributed by atoms with Gasteiger partial charge in [0, 0.05) is 23.5 Å². The number of imidazole rings is 1. The molecule has 5 rings (SSSR count). The van der Waals surface area contributed by atoms with Gasteiger partial charge in [-0.05, 0) is 48.9 Å². The average molecular weight is 460 g/mol. The normalized spacial score (nSPS) is 11.1. The maximum atomic E-state index is 9.96. The molecule has 0 spiro atoms. The Bertz CT molecular complexity index is 1580. The number of para-hydroxylation sites is 1. The van der Waals surface area contributed by atoms with Gasteiger partial charge in [0.05, 0.1) is 17.1 Å². The van der Waals surface area contributed by atoms with Gasteiger partial charge >= 0.3 is 0 Å². The number of anilines is 1. The minimum absolute atomic E-state index is 0.129. The van der Waals surface area contributed by atoms with E-state index in [1.807, 2.05) is 70.9 Å². The van der Waals surface area contributed by atoms with E-state index >= 15 is 0 Å². The highest BCUT2D eigenvalue weighted by molar-refractivity contribution is 5.84. The van der Waals surface area contributed by atoms with E-state index in [1.165, 1.54) is 0 Å². The Hall–Kier alpha value is -5.16. The summed E-state index contributed by atoms with van der Waals surface area (Å²) < 4.78 is 3.69. The fourth-order valence-corrected chi connectivity index (χ4v) is 4.00. The SMILES string of the molecule is Cc1nn(-c2ccccc2)c(-n2ccnc2)c1-c1cc(/C=C/c2cccc(O)c2)nc(N)c1C#N. The van der Waals surface area contributed by atoms with Crippen LogP contribution >= 0.6 is 0 Å². The number of aryl methyl sites for hydroxylation is 1. The number of phenolic OH excluding ortho intramolecular Hbond substituents is 1. The Balaban J connectivity index is 1.72. The lowest BCUT2D eigenvalue weighted by Crippen LogP contribution is -2.06. The summed E-state index contributed by atoms with van der Waals surface area (Å²) >= 11 is 0. The van der Waals surface area contributed by atoms with Gasteiger partial charge in [-0.15, -0.1) is 0 Å². The lowest BCUT2D eigenvalue weighted by molar-refractivity contribution is 0.475. The molecule has 8 nitrogen and oxygen atoms in total. The van der Waals surface area contributed by atoms with Gasteiger partial charge in [-0.2, -0.15) is 10.4 Å². The van der Waals surface area contributed by atoms with Crippen molar-refractivity contribution >= 4 is 18.0 Å². The molecule has 35 heavy (non-hydrogen) atoms. The summed E-state index contributed by atoms with van der Waals surface area (Å²) in [6.07, 6.45) is 8.84. The summed E-state index contributed by atoms with van der Waals surface area (Å²) in [5.74, 6) is 1.04. The van der Waals surface area contributed by atoms with Crippen LogP contribution in [0.5, 0.6) is 5.75 Å². The van der Waals surface area contributed by atoms with Crippen molar-refractivity contribution in [3.05, 3.63) is 102 Å². The third-order valence-electron chi connectivity index (χ3n) is 5.55. The molecule has 0 saturated heterocycles. The number of nitrogens with two attached hydrogens (primary N) is 1. The molecule has 3 heterocycles. The fraction of sp³-hybridized carbons (Fsp3) is 0.0370. The molecule has 5 aromatic rings. The average Bonchev–Trinajstić information content (AvgIpc) is 3.51. The molecule has 8 heteroatoms. The van der Waals surface area contributed by atoms with Crippen LogP contribution in [-0.2, 0) is 0 Å². The molecule has 0 amide bonds. The number of pyridine rings is 1. The highest BCUT2D eigenvalue weighted by Crippen LogP contribution is 2.36. The molecule has 0 aliphatic rings. The Morgan fingerprint density at radius 3 is 2.60 bits per heavy atom. The summed E-state index contributed by atoms with van der Waals surface area (Å²) in [5, 5.41) is 24.5. The van der Waals surface area contributed by atoms with Gasteiger partial charge in [0.15, 0.2) is 0 Å². The Morgan fingerprint density at radius 2 is 1.89 bits per heavy atom. The molecule has 0 unspecified atom stereocenters. The minimum Gasteiger partial charge on any atom is -0.508 e. The summed E-state index contributed by atoms with van der Waals surface area (Å²) in [7, 11) is 0. The number of rotatable bonds is 5. The van der Waals surface area contributed by atoms with Crippen LogP contribution in [0.15, 0.2) is 79.4 Å². The number of phenols is 1. The molecule has 0 bridgehead atoms. The van der Waals surface area contributed by atoms with E-state index in [0.717, 1.165) is 28.3 Å². The number of benzene rings is 2. The first-order chi connectivity index (χ1) is 17.0. The second-order valence-corrected chi connectivity index (χ2v) is 7.90. The Morgan fingerprint density at radius 1 is 1.06 bits per heavy atom. The first-order valence-corrected chi connectivity index (χ1v) is 10.9. The number of hydrogen-bond donors (Lipinski definition) is 2. The monoisotopic (exact) mass is 459 g/mol. The van der Waals surface area contributed by atoms with E-state index in [9.17, 15) is 10.4 Å². The molecule has 0 aliphatic carbocycles. The van der Waals surface area contributed by atoms with Gasteiger partial charge in [0.2, 0.25) is 0 Å². The van der Waals surface area contributed by atoms with Crippen LogP contribution in [0.4, 0.5) is 5.82 Å². The van der Waals surface area contributed by atoms with Crippen molar-refractivity contribution in [1.29, 1.82) is 5.26 Å².